The zero-order valence-electron chi connectivity index (χ0n) is 13.6. The van der Waals surface area contributed by atoms with Gasteiger partial charge in [0.25, 0.3) is 0 Å². The first-order valence-corrected chi connectivity index (χ1v) is 8.84. The number of fused-ring (bicyclic) bond motifs is 1. The molecule has 0 bridgehead atoms. The molecule has 1 saturated heterocycles. The Labute approximate surface area is 145 Å². The van der Waals surface area contributed by atoms with Crippen LogP contribution in [0.2, 0.25) is 0 Å². The molecule has 1 fully saturated rings. The highest BCUT2D eigenvalue weighted by Gasteiger charge is 2.43. The van der Waals surface area contributed by atoms with Crippen molar-refractivity contribution in [3.8, 4) is 11.5 Å². The molecule has 3 atom stereocenters. The molecule has 1 N–H and O–H groups in total. The Kier molecular flexibility index (Phi) is 3.84. The minimum atomic E-state index is -0.0459. The molecule has 2 aromatic rings. The number of benzene rings is 1. The Morgan fingerprint density at radius 3 is 2.92 bits per heavy atom. The van der Waals surface area contributed by atoms with E-state index >= 15 is 0 Å². The van der Waals surface area contributed by atoms with Crippen molar-refractivity contribution >= 4 is 16.9 Å². The lowest BCUT2D eigenvalue weighted by Gasteiger charge is -2.27. The fourth-order valence-electron chi connectivity index (χ4n) is 3.36. The van der Waals surface area contributed by atoms with Gasteiger partial charge in [0.05, 0.1) is 18.8 Å². The van der Waals surface area contributed by atoms with Crippen LogP contribution in [0.15, 0.2) is 47.6 Å². The number of rotatable bonds is 3. The predicted molar refractivity (Wildman–Crippen MR) is 95.6 cm³/mol. The van der Waals surface area contributed by atoms with Gasteiger partial charge in [0.15, 0.2) is 16.7 Å². The molecule has 0 aliphatic carbocycles. The van der Waals surface area contributed by atoms with Crippen LogP contribution in [-0.4, -0.2) is 39.1 Å². The molecule has 1 aromatic carbocycles. The Bertz CT molecular complexity index is 781. The number of phenols is 1. The number of nitrogens with zero attached hydrogens (tertiary/aromatic N) is 3. The molecule has 4 rings (SSSR count). The van der Waals surface area contributed by atoms with Crippen LogP contribution in [0.25, 0.3) is 0 Å². The van der Waals surface area contributed by atoms with E-state index in [1.54, 1.807) is 13.2 Å². The molecule has 24 heavy (non-hydrogen) atoms. The quantitative estimate of drug-likeness (QED) is 0.927. The zero-order valence-corrected chi connectivity index (χ0v) is 14.4. The van der Waals surface area contributed by atoms with Gasteiger partial charge in [-0.05, 0) is 29.8 Å². The second-order valence-corrected chi connectivity index (χ2v) is 7.47. The summed E-state index contributed by atoms with van der Waals surface area (Å²) in [5.74, 6) is 0.638. The van der Waals surface area contributed by atoms with Crippen molar-refractivity contribution in [1.82, 2.24) is 9.88 Å². The number of methoxy groups -OCH3 is 1. The van der Waals surface area contributed by atoms with Crippen molar-refractivity contribution in [2.45, 2.75) is 24.3 Å². The molecule has 3 heterocycles. The third-order valence-corrected chi connectivity index (χ3v) is 5.53. The van der Waals surface area contributed by atoms with Gasteiger partial charge in [-0.25, -0.2) is 0 Å². The smallest absolute Gasteiger partial charge is 0.160 e. The van der Waals surface area contributed by atoms with E-state index in [2.05, 4.69) is 16.8 Å². The van der Waals surface area contributed by atoms with E-state index in [1.807, 2.05) is 48.3 Å². The van der Waals surface area contributed by atoms with Gasteiger partial charge in [0, 0.05) is 18.0 Å². The van der Waals surface area contributed by atoms with Crippen LogP contribution in [0.4, 0.5) is 0 Å². The minimum Gasteiger partial charge on any atom is -0.504 e. The van der Waals surface area contributed by atoms with Crippen LogP contribution in [0.1, 0.15) is 30.3 Å². The molecule has 0 radical (unpaired) electrons. The van der Waals surface area contributed by atoms with Crippen molar-refractivity contribution in [3.05, 3.63) is 53.9 Å². The zero-order chi connectivity index (χ0) is 16.7. The number of thioether (sulfide) groups is 1. The fourth-order valence-corrected chi connectivity index (χ4v) is 4.45. The molecule has 0 spiro atoms. The summed E-state index contributed by atoms with van der Waals surface area (Å²) in [5.41, 5.74) is 2.04. The summed E-state index contributed by atoms with van der Waals surface area (Å²) in [6.07, 6.45) is 1.81. The maximum absolute atomic E-state index is 9.91. The van der Waals surface area contributed by atoms with Crippen molar-refractivity contribution in [3.63, 3.8) is 0 Å². The third kappa shape index (κ3) is 2.51. The number of aromatic nitrogens is 1. The monoisotopic (exact) mass is 341 g/mol. The molecule has 1 aromatic heterocycles. The second-order valence-electron chi connectivity index (χ2n) is 6.07. The highest BCUT2D eigenvalue weighted by Crippen LogP contribution is 2.48. The first kappa shape index (κ1) is 15.3. The molecular formula is C18H19N3O2S. The summed E-state index contributed by atoms with van der Waals surface area (Å²) in [7, 11) is 1.57. The van der Waals surface area contributed by atoms with Crippen LogP contribution in [0.5, 0.6) is 11.5 Å². The van der Waals surface area contributed by atoms with Crippen molar-refractivity contribution < 1.29 is 9.84 Å². The lowest BCUT2D eigenvalue weighted by atomic mass is 9.96. The van der Waals surface area contributed by atoms with Crippen LogP contribution in [0, 0.1) is 0 Å². The molecular weight excluding hydrogens is 322 g/mol. The lowest BCUT2D eigenvalue weighted by molar-refractivity contribution is 0.318. The maximum Gasteiger partial charge on any atom is 0.160 e. The van der Waals surface area contributed by atoms with E-state index in [0.717, 1.165) is 23.0 Å². The molecule has 2 aliphatic rings. The minimum absolute atomic E-state index is 0.0459. The number of hydrogen-bond donors (Lipinski definition) is 1. The van der Waals surface area contributed by atoms with Gasteiger partial charge in [-0.3, -0.25) is 9.98 Å². The number of phenolic OH excluding ortho intramolecular Hbond substituents is 1. The Morgan fingerprint density at radius 1 is 1.29 bits per heavy atom. The molecule has 5 nitrogen and oxygen atoms in total. The van der Waals surface area contributed by atoms with Gasteiger partial charge in [0.2, 0.25) is 0 Å². The summed E-state index contributed by atoms with van der Waals surface area (Å²) in [4.78, 5) is 11.8. The molecule has 0 saturated carbocycles. The van der Waals surface area contributed by atoms with Gasteiger partial charge in [-0.1, -0.05) is 30.8 Å². The number of ether oxygens (including phenoxy) is 1. The summed E-state index contributed by atoms with van der Waals surface area (Å²) in [6, 6.07) is 11.5. The third-order valence-electron chi connectivity index (χ3n) is 4.43. The Hall–Kier alpha value is -2.21. The van der Waals surface area contributed by atoms with Crippen molar-refractivity contribution in [2.75, 3.05) is 13.7 Å². The Balaban J connectivity index is 1.78. The van der Waals surface area contributed by atoms with Crippen LogP contribution in [0.3, 0.4) is 0 Å². The van der Waals surface area contributed by atoms with Gasteiger partial charge in [-0.2, -0.15) is 0 Å². The van der Waals surface area contributed by atoms with E-state index < -0.39 is 0 Å². The molecule has 124 valence electrons. The second kappa shape index (κ2) is 6.02. The van der Waals surface area contributed by atoms with E-state index in [-0.39, 0.29) is 17.8 Å². The first-order valence-electron chi connectivity index (χ1n) is 7.96. The Morgan fingerprint density at radius 2 is 2.17 bits per heavy atom. The van der Waals surface area contributed by atoms with E-state index in [0.29, 0.717) is 11.0 Å². The van der Waals surface area contributed by atoms with Gasteiger partial charge in [0.1, 0.15) is 6.04 Å². The van der Waals surface area contributed by atoms with Crippen LogP contribution < -0.4 is 4.74 Å². The number of aromatic hydroxyl groups is 1. The lowest BCUT2D eigenvalue weighted by Crippen LogP contribution is -2.28. The summed E-state index contributed by atoms with van der Waals surface area (Å²) in [5, 5.41) is 11.5. The highest BCUT2D eigenvalue weighted by molar-refractivity contribution is 8.14. The van der Waals surface area contributed by atoms with Gasteiger partial charge >= 0.3 is 0 Å². The van der Waals surface area contributed by atoms with E-state index in [1.165, 1.54) is 0 Å². The predicted octanol–water partition coefficient (Wildman–Crippen LogP) is 3.39. The molecule has 0 unspecified atom stereocenters. The SMILES string of the molecule is COc1cc([C@H]2[C@@H](c3ccccn3)N=C3S[C@@H](C)CN32)ccc1O. The van der Waals surface area contributed by atoms with Crippen LogP contribution >= 0.6 is 11.8 Å². The fraction of sp³-hybridized carbons (Fsp3) is 0.333. The highest BCUT2D eigenvalue weighted by atomic mass is 32.2. The largest absolute Gasteiger partial charge is 0.504 e. The normalized spacial score (nSPS) is 25.5. The maximum atomic E-state index is 9.91. The average molecular weight is 341 g/mol. The van der Waals surface area contributed by atoms with Crippen molar-refractivity contribution in [2.24, 2.45) is 4.99 Å². The van der Waals surface area contributed by atoms with Gasteiger partial charge in [-0.15, -0.1) is 0 Å². The number of pyridine rings is 1. The standard InChI is InChI=1S/C18H19N3O2S/c1-11-10-21-17(12-6-7-14(22)15(9-12)23-2)16(20-18(21)24-11)13-5-3-4-8-19-13/h3-9,11,16-17,22H,10H2,1-2H3/t11-,16+,17-/m0/s1. The summed E-state index contributed by atoms with van der Waals surface area (Å²) >= 11 is 1.81. The van der Waals surface area contributed by atoms with E-state index in [9.17, 15) is 5.11 Å². The average Bonchev–Trinajstić information content (AvgIpc) is 3.12. The number of hydrogen-bond acceptors (Lipinski definition) is 6. The summed E-state index contributed by atoms with van der Waals surface area (Å²) < 4.78 is 5.29. The summed E-state index contributed by atoms with van der Waals surface area (Å²) in [6.45, 7) is 3.18. The van der Waals surface area contributed by atoms with Crippen LogP contribution in [-0.2, 0) is 0 Å². The number of amidine groups is 1. The van der Waals surface area contributed by atoms with E-state index in [4.69, 9.17) is 9.73 Å². The topological polar surface area (TPSA) is 58.0 Å². The number of aliphatic imine (C=N–C) groups is 1. The molecule has 6 heteroatoms. The first-order chi connectivity index (χ1) is 11.7. The molecule has 2 aliphatic heterocycles. The van der Waals surface area contributed by atoms with Gasteiger partial charge < -0.3 is 14.7 Å². The molecule has 0 amide bonds. The van der Waals surface area contributed by atoms with Crippen molar-refractivity contribution in [1.29, 1.82) is 0 Å².